The van der Waals surface area contributed by atoms with Crippen LogP contribution in [0.4, 0.5) is 5.69 Å². The Labute approximate surface area is 149 Å². The van der Waals surface area contributed by atoms with Crippen molar-refractivity contribution in [1.82, 2.24) is 10.6 Å². The Balaban J connectivity index is 0.00000208. The number of carbonyl (C=O) groups is 1. The quantitative estimate of drug-likeness (QED) is 0.729. The second kappa shape index (κ2) is 7.29. The van der Waals surface area contributed by atoms with Crippen LogP contribution < -0.4 is 15.4 Å². The van der Waals surface area contributed by atoms with Crippen LogP contribution in [0, 0.1) is 11.3 Å². The average molecular weight is 374 g/mol. The molecule has 1 unspecified atom stereocenters. The van der Waals surface area contributed by atoms with Gasteiger partial charge in [-0.05, 0) is 55.5 Å². The van der Waals surface area contributed by atoms with Gasteiger partial charge in [-0.15, -0.1) is 12.4 Å². The monoisotopic (exact) mass is 373 g/mol. The molecule has 24 heavy (non-hydrogen) atoms. The maximum absolute atomic E-state index is 12.3. The summed E-state index contributed by atoms with van der Waals surface area (Å²) in [5.41, 5.74) is 1.73. The summed E-state index contributed by atoms with van der Waals surface area (Å²) in [6.07, 6.45) is 4.32. The van der Waals surface area contributed by atoms with Crippen molar-refractivity contribution in [3.63, 3.8) is 0 Å². The lowest BCUT2D eigenvalue weighted by Crippen LogP contribution is -2.33. The molecule has 1 aromatic rings. The fourth-order valence-corrected chi connectivity index (χ4v) is 3.98. The minimum atomic E-state index is -3.26. The van der Waals surface area contributed by atoms with Crippen molar-refractivity contribution >= 4 is 34.0 Å². The summed E-state index contributed by atoms with van der Waals surface area (Å²) in [4.78, 5) is 12.3. The second-order valence-electron chi connectivity index (χ2n) is 6.66. The molecule has 1 amide bonds. The Hall–Kier alpha value is -1.31. The number of amides is 1. The predicted molar refractivity (Wildman–Crippen MR) is 96.6 cm³/mol. The van der Waals surface area contributed by atoms with Crippen LogP contribution in [-0.4, -0.2) is 33.7 Å². The molecule has 1 aliphatic carbocycles. The number of anilines is 1. The van der Waals surface area contributed by atoms with E-state index in [2.05, 4.69) is 15.4 Å². The van der Waals surface area contributed by atoms with Gasteiger partial charge in [0.05, 0.1) is 6.26 Å². The van der Waals surface area contributed by atoms with E-state index in [-0.39, 0.29) is 29.6 Å². The molecule has 2 fully saturated rings. The molecule has 1 aromatic carbocycles. The number of halogens is 1. The molecule has 8 heteroatoms. The van der Waals surface area contributed by atoms with Crippen LogP contribution in [0.5, 0.6) is 0 Å². The Bertz CT molecular complexity index is 685. The van der Waals surface area contributed by atoms with Crippen molar-refractivity contribution in [2.75, 3.05) is 24.1 Å². The van der Waals surface area contributed by atoms with Gasteiger partial charge in [-0.2, -0.15) is 0 Å². The second-order valence-corrected chi connectivity index (χ2v) is 8.41. The summed E-state index contributed by atoms with van der Waals surface area (Å²) in [5.74, 6) is 0.306. The molecule has 0 aromatic heterocycles. The van der Waals surface area contributed by atoms with Crippen molar-refractivity contribution in [3.8, 4) is 0 Å². The Morgan fingerprint density at radius 2 is 1.88 bits per heavy atom. The van der Waals surface area contributed by atoms with E-state index in [0.29, 0.717) is 12.2 Å². The molecular weight excluding hydrogens is 350 g/mol. The van der Waals surface area contributed by atoms with E-state index < -0.39 is 10.0 Å². The minimum Gasteiger partial charge on any atom is -0.352 e. The van der Waals surface area contributed by atoms with E-state index in [1.807, 2.05) is 12.1 Å². The van der Waals surface area contributed by atoms with E-state index in [0.717, 1.165) is 44.2 Å². The Morgan fingerprint density at radius 3 is 2.46 bits per heavy atom. The number of nitrogens with one attached hydrogen (secondary N) is 3. The number of hydrogen-bond acceptors (Lipinski definition) is 4. The van der Waals surface area contributed by atoms with Crippen molar-refractivity contribution in [2.24, 2.45) is 11.3 Å². The SMILES string of the molecule is CS(=O)(=O)Nc1ccc(CNC(=O)C2CC23CCNCC3)cc1.Cl. The molecule has 2 aliphatic rings. The Kier molecular flexibility index (Phi) is 5.78. The van der Waals surface area contributed by atoms with E-state index in [4.69, 9.17) is 0 Å². The van der Waals surface area contributed by atoms with Crippen molar-refractivity contribution in [3.05, 3.63) is 29.8 Å². The average Bonchev–Trinajstić information content (AvgIpc) is 3.19. The molecule has 0 radical (unpaired) electrons. The lowest BCUT2D eigenvalue weighted by molar-refractivity contribution is -0.123. The fourth-order valence-electron chi connectivity index (χ4n) is 3.41. The van der Waals surface area contributed by atoms with E-state index in [9.17, 15) is 13.2 Å². The summed E-state index contributed by atoms with van der Waals surface area (Å²) in [5, 5.41) is 6.34. The third-order valence-electron chi connectivity index (χ3n) is 4.83. The van der Waals surface area contributed by atoms with Gasteiger partial charge < -0.3 is 10.6 Å². The maximum Gasteiger partial charge on any atom is 0.229 e. The van der Waals surface area contributed by atoms with E-state index in [1.165, 1.54) is 0 Å². The van der Waals surface area contributed by atoms with Gasteiger partial charge in [-0.3, -0.25) is 9.52 Å². The molecule has 1 saturated carbocycles. The van der Waals surface area contributed by atoms with Crippen molar-refractivity contribution < 1.29 is 13.2 Å². The molecule has 0 bridgehead atoms. The first kappa shape index (κ1) is 19.0. The molecule has 134 valence electrons. The highest BCUT2D eigenvalue weighted by Gasteiger charge is 2.57. The third kappa shape index (κ3) is 4.62. The highest BCUT2D eigenvalue weighted by Crippen LogP contribution is 2.58. The highest BCUT2D eigenvalue weighted by molar-refractivity contribution is 7.92. The molecule has 3 rings (SSSR count). The van der Waals surface area contributed by atoms with E-state index >= 15 is 0 Å². The number of benzene rings is 1. The molecule has 6 nitrogen and oxygen atoms in total. The fraction of sp³-hybridized carbons (Fsp3) is 0.562. The Morgan fingerprint density at radius 1 is 1.25 bits per heavy atom. The van der Waals surface area contributed by atoms with Crippen molar-refractivity contribution in [1.29, 1.82) is 0 Å². The van der Waals surface area contributed by atoms with Crippen molar-refractivity contribution in [2.45, 2.75) is 25.8 Å². The van der Waals surface area contributed by atoms with Gasteiger partial charge in [-0.1, -0.05) is 12.1 Å². The first-order valence-corrected chi connectivity index (χ1v) is 9.82. The van der Waals surface area contributed by atoms with Crippen LogP contribution in [0.3, 0.4) is 0 Å². The number of carbonyl (C=O) groups excluding carboxylic acids is 1. The maximum atomic E-state index is 12.3. The summed E-state index contributed by atoms with van der Waals surface area (Å²) in [6, 6.07) is 7.05. The highest BCUT2D eigenvalue weighted by atomic mass is 35.5. The van der Waals surface area contributed by atoms with Gasteiger partial charge >= 0.3 is 0 Å². The summed E-state index contributed by atoms with van der Waals surface area (Å²) >= 11 is 0. The smallest absolute Gasteiger partial charge is 0.229 e. The normalized spacial score (nSPS) is 21.6. The molecule has 1 saturated heterocycles. The standard InChI is InChI=1S/C16H23N3O3S.ClH/c1-23(21,22)19-13-4-2-12(3-5-13)11-18-15(20)14-10-16(14)6-8-17-9-7-16;/h2-5,14,17,19H,6-11H2,1H3,(H,18,20);1H. The predicted octanol–water partition coefficient (Wildman–Crippen LogP) is 1.49. The minimum absolute atomic E-state index is 0. The van der Waals surface area contributed by atoms with E-state index in [1.54, 1.807) is 12.1 Å². The van der Waals surface area contributed by atoms with Gasteiger partial charge in [0.15, 0.2) is 0 Å². The largest absolute Gasteiger partial charge is 0.352 e. The van der Waals surface area contributed by atoms with Crippen LogP contribution in [0.25, 0.3) is 0 Å². The van der Waals surface area contributed by atoms with Gasteiger partial charge in [0.2, 0.25) is 15.9 Å². The summed E-state index contributed by atoms with van der Waals surface area (Å²) in [7, 11) is -3.26. The molecule has 1 aliphatic heterocycles. The third-order valence-corrected chi connectivity index (χ3v) is 5.44. The molecular formula is C16H24ClN3O3S. The number of sulfonamides is 1. The van der Waals surface area contributed by atoms with Crippen LogP contribution >= 0.6 is 12.4 Å². The zero-order valence-electron chi connectivity index (χ0n) is 13.7. The van der Waals surface area contributed by atoms with Gasteiger partial charge in [-0.25, -0.2) is 8.42 Å². The molecule has 1 atom stereocenters. The first-order valence-electron chi connectivity index (χ1n) is 7.93. The van der Waals surface area contributed by atoms with Crippen LogP contribution in [0.15, 0.2) is 24.3 Å². The van der Waals surface area contributed by atoms with Crippen LogP contribution in [0.2, 0.25) is 0 Å². The molecule has 3 N–H and O–H groups in total. The summed E-state index contributed by atoms with van der Waals surface area (Å²) in [6.45, 7) is 2.50. The lowest BCUT2D eigenvalue weighted by Gasteiger charge is -2.23. The zero-order valence-corrected chi connectivity index (χ0v) is 15.3. The van der Waals surface area contributed by atoms with Gasteiger partial charge in [0, 0.05) is 18.2 Å². The molecule has 1 heterocycles. The van der Waals surface area contributed by atoms with Crippen LogP contribution in [0.1, 0.15) is 24.8 Å². The number of hydrogen-bond donors (Lipinski definition) is 3. The number of piperidine rings is 1. The first-order chi connectivity index (χ1) is 10.9. The van der Waals surface area contributed by atoms with Crippen LogP contribution in [-0.2, 0) is 21.4 Å². The molecule has 1 spiro atoms. The summed E-state index contributed by atoms with van der Waals surface area (Å²) < 4.78 is 24.7. The lowest BCUT2D eigenvalue weighted by atomic mass is 9.92. The van der Waals surface area contributed by atoms with Gasteiger partial charge in [0.25, 0.3) is 0 Å². The van der Waals surface area contributed by atoms with Gasteiger partial charge in [0.1, 0.15) is 0 Å². The topological polar surface area (TPSA) is 87.3 Å². The number of rotatable bonds is 5. The zero-order chi connectivity index (χ0) is 16.5.